The fourth-order valence-corrected chi connectivity index (χ4v) is 5.03. The van der Waals surface area contributed by atoms with E-state index in [0.29, 0.717) is 35.9 Å². The molecule has 3 aromatic rings. The monoisotopic (exact) mass is 504 g/mol. The summed E-state index contributed by atoms with van der Waals surface area (Å²) in [6, 6.07) is 12.9. The zero-order chi connectivity index (χ0) is 26.4. The Morgan fingerprint density at radius 3 is 2.46 bits per heavy atom. The van der Waals surface area contributed by atoms with Crippen LogP contribution in [0.2, 0.25) is 0 Å². The van der Waals surface area contributed by atoms with Gasteiger partial charge in [-0.15, -0.1) is 0 Å². The number of carbonyl (C=O) groups excluding carboxylic acids is 2. The molecule has 8 heteroatoms. The summed E-state index contributed by atoms with van der Waals surface area (Å²) in [6.45, 7) is 3.84. The molecule has 0 bridgehead atoms. The maximum Gasteiger partial charge on any atom is 0.331 e. The lowest BCUT2D eigenvalue weighted by molar-refractivity contribution is -0.122. The first-order valence-electron chi connectivity index (χ1n) is 13.2. The Morgan fingerprint density at radius 1 is 0.919 bits per heavy atom. The summed E-state index contributed by atoms with van der Waals surface area (Å²) in [7, 11) is 0. The summed E-state index contributed by atoms with van der Waals surface area (Å²) in [6.07, 6.45) is 7.08. The van der Waals surface area contributed by atoms with Gasteiger partial charge in [-0.1, -0.05) is 43.5 Å². The van der Waals surface area contributed by atoms with E-state index in [2.05, 4.69) is 10.6 Å². The van der Waals surface area contributed by atoms with E-state index >= 15 is 0 Å². The second-order valence-corrected chi connectivity index (χ2v) is 10.1. The van der Waals surface area contributed by atoms with E-state index in [1.165, 1.54) is 15.6 Å². The third-order valence-electron chi connectivity index (χ3n) is 7.11. The first-order chi connectivity index (χ1) is 17.8. The SMILES string of the molecule is Cc1ccc(C)c(NC(=O)Cn2c(=O)n(CCCCC(=O)NC3CCCCC3)c(=O)c3ccccc32)c1. The Hall–Kier alpha value is -3.68. The number of carbonyl (C=O) groups is 2. The predicted molar refractivity (Wildman–Crippen MR) is 146 cm³/mol. The van der Waals surface area contributed by atoms with Crippen LogP contribution in [0.4, 0.5) is 5.69 Å². The number of aromatic nitrogens is 2. The summed E-state index contributed by atoms with van der Waals surface area (Å²) in [5, 5.41) is 6.38. The van der Waals surface area contributed by atoms with Gasteiger partial charge in [0.15, 0.2) is 0 Å². The van der Waals surface area contributed by atoms with E-state index < -0.39 is 5.69 Å². The van der Waals surface area contributed by atoms with Crippen LogP contribution in [0.5, 0.6) is 0 Å². The number of anilines is 1. The molecular formula is C29H36N4O4. The molecule has 2 aromatic carbocycles. The van der Waals surface area contributed by atoms with Crippen molar-refractivity contribution in [1.29, 1.82) is 0 Å². The fourth-order valence-electron chi connectivity index (χ4n) is 5.03. The van der Waals surface area contributed by atoms with Crippen LogP contribution >= 0.6 is 0 Å². The number of nitrogens with zero attached hydrogens (tertiary/aromatic N) is 2. The highest BCUT2D eigenvalue weighted by Gasteiger charge is 2.17. The van der Waals surface area contributed by atoms with Crippen molar-refractivity contribution < 1.29 is 9.59 Å². The molecule has 0 radical (unpaired) electrons. The molecule has 37 heavy (non-hydrogen) atoms. The van der Waals surface area contributed by atoms with Crippen molar-refractivity contribution in [3.8, 4) is 0 Å². The number of amides is 2. The van der Waals surface area contributed by atoms with Gasteiger partial charge < -0.3 is 10.6 Å². The van der Waals surface area contributed by atoms with Gasteiger partial charge >= 0.3 is 5.69 Å². The van der Waals surface area contributed by atoms with E-state index in [0.717, 1.165) is 36.8 Å². The number of hydrogen-bond acceptors (Lipinski definition) is 4. The van der Waals surface area contributed by atoms with Crippen LogP contribution in [0.3, 0.4) is 0 Å². The largest absolute Gasteiger partial charge is 0.353 e. The van der Waals surface area contributed by atoms with Crippen LogP contribution < -0.4 is 21.9 Å². The zero-order valence-corrected chi connectivity index (χ0v) is 21.7. The molecule has 8 nitrogen and oxygen atoms in total. The Kier molecular flexibility index (Phi) is 8.58. The van der Waals surface area contributed by atoms with Crippen LogP contribution in [0.15, 0.2) is 52.1 Å². The van der Waals surface area contributed by atoms with Gasteiger partial charge in [0.25, 0.3) is 5.56 Å². The van der Waals surface area contributed by atoms with Crippen LogP contribution in [0, 0.1) is 13.8 Å². The summed E-state index contributed by atoms with van der Waals surface area (Å²) >= 11 is 0. The van der Waals surface area contributed by atoms with Gasteiger partial charge in [-0.05, 0) is 68.9 Å². The molecule has 1 fully saturated rings. The molecule has 0 atom stereocenters. The molecule has 0 aliphatic heterocycles. The second-order valence-electron chi connectivity index (χ2n) is 10.1. The third kappa shape index (κ3) is 6.56. The summed E-state index contributed by atoms with van der Waals surface area (Å²) in [5.74, 6) is -0.316. The predicted octanol–water partition coefficient (Wildman–Crippen LogP) is 4.04. The molecule has 1 aliphatic carbocycles. The molecule has 196 valence electrons. The number of aryl methyl sites for hydroxylation is 2. The maximum absolute atomic E-state index is 13.4. The van der Waals surface area contributed by atoms with Gasteiger partial charge in [-0.2, -0.15) is 0 Å². The normalized spacial score (nSPS) is 14.0. The minimum absolute atomic E-state index is 0.0262. The Balaban J connectivity index is 1.47. The highest BCUT2D eigenvalue weighted by Crippen LogP contribution is 2.18. The standard InChI is InChI=1S/C29H36N4O4/c1-20-15-16-21(2)24(18-20)31-27(35)19-33-25-13-7-6-12-23(25)28(36)32(29(33)37)17-9-8-14-26(34)30-22-10-4-3-5-11-22/h6-7,12-13,15-16,18,22H,3-5,8-11,14,17,19H2,1-2H3,(H,30,34)(H,31,35). The minimum Gasteiger partial charge on any atom is -0.353 e. The van der Waals surface area contributed by atoms with E-state index in [4.69, 9.17) is 0 Å². The average Bonchev–Trinajstić information content (AvgIpc) is 2.89. The quantitative estimate of drug-likeness (QED) is 0.430. The van der Waals surface area contributed by atoms with Crippen LogP contribution in [0.1, 0.15) is 62.5 Å². The number of nitrogens with one attached hydrogen (secondary N) is 2. The minimum atomic E-state index is -0.522. The lowest BCUT2D eigenvalue weighted by atomic mass is 9.95. The van der Waals surface area contributed by atoms with Crippen molar-refractivity contribution in [2.45, 2.75) is 84.3 Å². The molecule has 2 amide bonds. The van der Waals surface area contributed by atoms with Gasteiger partial charge in [-0.3, -0.25) is 23.5 Å². The zero-order valence-electron chi connectivity index (χ0n) is 21.7. The maximum atomic E-state index is 13.4. The highest BCUT2D eigenvalue weighted by atomic mass is 16.2. The molecule has 1 aromatic heterocycles. The Bertz CT molecular complexity index is 1400. The van der Waals surface area contributed by atoms with E-state index in [9.17, 15) is 19.2 Å². The van der Waals surface area contributed by atoms with E-state index in [-0.39, 0.29) is 36.5 Å². The van der Waals surface area contributed by atoms with Crippen LogP contribution in [-0.4, -0.2) is 27.0 Å². The number of benzene rings is 2. The van der Waals surface area contributed by atoms with Gasteiger partial charge in [0.2, 0.25) is 11.8 Å². The Labute approximate surface area is 216 Å². The van der Waals surface area contributed by atoms with Gasteiger partial charge in [0, 0.05) is 24.7 Å². The topological polar surface area (TPSA) is 102 Å². The average molecular weight is 505 g/mol. The van der Waals surface area contributed by atoms with Gasteiger partial charge in [0.1, 0.15) is 6.54 Å². The number of para-hydroxylation sites is 1. The van der Waals surface area contributed by atoms with Crippen molar-refractivity contribution in [3.63, 3.8) is 0 Å². The summed E-state index contributed by atoms with van der Waals surface area (Å²) in [4.78, 5) is 51.7. The molecule has 1 aliphatic rings. The first-order valence-corrected chi connectivity index (χ1v) is 13.2. The number of unbranched alkanes of at least 4 members (excludes halogenated alkanes) is 1. The van der Waals surface area contributed by atoms with E-state index in [1.807, 2.05) is 32.0 Å². The van der Waals surface area contributed by atoms with E-state index in [1.54, 1.807) is 24.3 Å². The number of fused-ring (bicyclic) bond motifs is 1. The molecule has 1 saturated carbocycles. The molecule has 2 N–H and O–H groups in total. The lowest BCUT2D eigenvalue weighted by Crippen LogP contribution is -2.42. The summed E-state index contributed by atoms with van der Waals surface area (Å²) < 4.78 is 2.54. The molecule has 0 unspecified atom stereocenters. The lowest BCUT2D eigenvalue weighted by Gasteiger charge is -2.22. The fraction of sp³-hybridized carbons (Fsp3) is 0.448. The first kappa shape index (κ1) is 26.4. The summed E-state index contributed by atoms with van der Waals surface area (Å²) in [5.41, 5.74) is 2.17. The molecular weight excluding hydrogens is 468 g/mol. The van der Waals surface area contributed by atoms with Gasteiger partial charge in [-0.25, -0.2) is 4.79 Å². The van der Waals surface area contributed by atoms with Crippen molar-refractivity contribution in [2.75, 3.05) is 5.32 Å². The second kappa shape index (κ2) is 12.0. The highest BCUT2D eigenvalue weighted by molar-refractivity contribution is 5.92. The molecule has 0 spiro atoms. The van der Waals surface area contributed by atoms with Gasteiger partial charge in [0.05, 0.1) is 10.9 Å². The van der Waals surface area contributed by atoms with Crippen molar-refractivity contribution >= 4 is 28.4 Å². The van der Waals surface area contributed by atoms with Crippen molar-refractivity contribution in [2.24, 2.45) is 0 Å². The van der Waals surface area contributed by atoms with Crippen molar-refractivity contribution in [3.05, 3.63) is 74.4 Å². The number of hydrogen-bond donors (Lipinski definition) is 2. The third-order valence-corrected chi connectivity index (χ3v) is 7.11. The van der Waals surface area contributed by atoms with Crippen LogP contribution in [-0.2, 0) is 22.7 Å². The molecule has 4 rings (SSSR count). The smallest absolute Gasteiger partial charge is 0.331 e. The van der Waals surface area contributed by atoms with Crippen molar-refractivity contribution in [1.82, 2.24) is 14.5 Å². The molecule has 0 saturated heterocycles. The van der Waals surface area contributed by atoms with Crippen LogP contribution in [0.25, 0.3) is 10.9 Å². The number of rotatable bonds is 9. The Morgan fingerprint density at radius 2 is 1.68 bits per heavy atom. The molecule has 1 heterocycles.